The van der Waals surface area contributed by atoms with Crippen molar-refractivity contribution >= 4 is 5.69 Å². The Hall–Kier alpha value is -1.22. The van der Waals surface area contributed by atoms with E-state index in [1.807, 2.05) is 6.07 Å². The molecule has 0 aliphatic carbocycles. The second-order valence-electron chi connectivity index (χ2n) is 6.08. The van der Waals surface area contributed by atoms with Crippen molar-refractivity contribution in [3.8, 4) is 5.75 Å². The third-order valence-corrected chi connectivity index (χ3v) is 5.02. The van der Waals surface area contributed by atoms with Gasteiger partial charge in [0.25, 0.3) is 0 Å². The molecule has 0 spiro atoms. The van der Waals surface area contributed by atoms with E-state index < -0.39 is 0 Å². The summed E-state index contributed by atoms with van der Waals surface area (Å²) in [5.74, 6) is 2.90. The highest BCUT2D eigenvalue weighted by Crippen LogP contribution is 2.35. The second kappa shape index (κ2) is 6.49. The molecule has 0 bridgehead atoms. The van der Waals surface area contributed by atoms with E-state index in [-0.39, 0.29) is 0 Å². The summed E-state index contributed by atoms with van der Waals surface area (Å²) in [7, 11) is 1.76. The smallest absolute Gasteiger partial charge is 0.142 e. The minimum atomic E-state index is 0.933. The van der Waals surface area contributed by atoms with Gasteiger partial charge in [-0.3, -0.25) is 0 Å². The molecule has 2 heterocycles. The molecule has 0 amide bonds. The molecule has 0 atom stereocenters. The number of benzene rings is 1. The highest BCUT2D eigenvalue weighted by atomic mass is 16.5. The van der Waals surface area contributed by atoms with Crippen LogP contribution in [0.25, 0.3) is 0 Å². The molecule has 1 aromatic carbocycles. The zero-order chi connectivity index (χ0) is 13.8. The molecule has 3 nitrogen and oxygen atoms in total. The molecule has 0 aromatic heterocycles. The van der Waals surface area contributed by atoms with E-state index in [0.29, 0.717) is 0 Å². The molecule has 110 valence electrons. The summed E-state index contributed by atoms with van der Waals surface area (Å²) in [6, 6.07) is 8.40. The van der Waals surface area contributed by atoms with Gasteiger partial charge in [0.1, 0.15) is 5.75 Å². The number of nitrogens with zero attached hydrogens (tertiary/aromatic N) is 1. The molecule has 2 saturated heterocycles. The van der Waals surface area contributed by atoms with E-state index in [2.05, 4.69) is 28.4 Å². The molecule has 2 aliphatic rings. The Balaban J connectivity index is 1.60. The summed E-state index contributed by atoms with van der Waals surface area (Å²) in [4.78, 5) is 2.50. The van der Waals surface area contributed by atoms with Gasteiger partial charge in [-0.05, 0) is 62.7 Å². The number of hydrogen-bond acceptors (Lipinski definition) is 3. The van der Waals surface area contributed by atoms with Crippen molar-refractivity contribution in [3.63, 3.8) is 0 Å². The first-order valence-corrected chi connectivity index (χ1v) is 7.97. The molecule has 2 aliphatic heterocycles. The van der Waals surface area contributed by atoms with Gasteiger partial charge in [-0.1, -0.05) is 12.1 Å². The average Bonchev–Trinajstić information content (AvgIpc) is 2.56. The summed E-state index contributed by atoms with van der Waals surface area (Å²) in [6.45, 7) is 4.79. The Bertz CT molecular complexity index is 421. The van der Waals surface area contributed by atoms with Crippen molar-refractivity contribution in [2.24, 2.45) is 11.8 Å². The molecular formula is C17H26N2O. The second-order valence-corrected chi connectivity index (χ2v) is 6.08. The van der Waals surface area contributed by atoms with Crippen molar-refractivity contribution < 1.29 is 4.74 Å². The third kappa shape index (κ3) is 2.93. The topological polar surface area (TPSA) is 24.5 Å². The lowest BCUT2D eigenvalue weighted by Crippen LogP contribution is -2.39. The Morgan fingerprint density at radius 3 is 2.35 bits per heavy atom. The first-order valence-electron chi connectivity index (χ1n) is 7.97. The van der Waals surface area contributed by atoms with Gasteiger partial charge in [0.2, 0.25) is 0 Å². The molecule has 1 aromatic rings. The first-order chi connectivity index (χ1) is 9.88. The van der Waals surface area contributed by atoms with E-state index in [9.17, 15) is 0 Å². The maximum Gasteiger partial charge on any atom is 0.142 e. The molecular weight excluding hydrogens is 248 g/mol. The third-order valence-electron chi connectivity index (χ3n) is 5.02. The number of rotatable bonds is 3. The Labute approximate surface area is 122 Å². The van der Waals surface area contributed by atoms with Crippen LogP contribution < -0.4 is 15.0 Å². The lowest BCUT2D eigenvalue weighted by Gasteiger charge is -2.39. The van der Waals surface area contributed by atoms with E-state index in [0.717, 1.165) is 17.6 Å². The van der Waals surface area contributed by atoms with E-state index >= 15 is 0 Å². The highest BCUT2D eigenvalue weighted by Gasteiger charge is 2.28. The number of nitrogens with one attached hydrogen (secondary N) is 1. The van der Waals surface area contributed by atoms with Crippen molar-refractivity contribution in [1.29, 1.82) is 0 Å². The van der Waals surface area contributed by atoms with Crippen LogP contribution in [0, 0.1) is 11.8 Å². The molecule has 3 rings (SSSR count). The number of piperidine rings is 2. The summed E-state index contributed by atoms with van der Waals surface area (Å²) < 4.78 is 5.49. The van der Waals surface area contributed by atoms with Gasteiger partial charge in [-0.15, -0.1) is 0 Å². The number of ether oxygens (including phenoxy) is 1. The summed E-state index contributed by atoms with van der Waals surface area (Å²) >= 11 is 0. The van der Waals surface area contributed by atoms with Crippen LogP contribution in [0.15, 0.2) is 24.3 Å². The molecule has 20 heavy (non-hydrogen) atoms. The predicted molar refractivity (Wildman–Crippen MR) is 83.5 cm³/mol. The standard InChI is InChI=1S/C17H26N2O/c1-20-17-5-3-2-4-16(17)19-12-8-15(9-13-19)14-6-10-18-11-7-14/h2-5,14-15,18H,6-13H2,1H3. The summed E-state index contributed by atoms with van der Waals surface area (Å²) in [5.41, 5.74) is 1.26. The summed E-state index contributed by atoms with van der Waals surface area (Å²) in [6.07, 6.45) is 5.42. The van der Waals surface area contributed by atoms with Crippen LogP contribution in [0.4, 0.5) is 5.69 Å². The average molecular weight is 274 g/mol. The first kappa shape index (κ1) is 13.7. The maximum atomic E-state index is 5.49. The van der Waals surface area contributed by atoms with Crippen LogP contribution in [0.2, 0.25) is 0 Å². The van der Waals surface area contributed by atoms with Crippen LogP contribution >= 0.6 is 0 Å². The van der Waals surface area contributed by atoms with E-state index in [1.165, 1.54) is 57.5 Å². The van der Waals surface area contributed by atoms with Crippen LogP contribution in [0.1, 0.15) is 25.7 Å². The maximum absolute atomic E-state index is 5.49. The van der Waals surface area contributed by atoms with E-state index in [1.54, 1.807) is 7.11 Å². The van der Waals surface area contributed by atoms with Crippen LogP contribution in [-0.4, -0.2) is 33.3 Å². The Morgan fingerprint density at radius 1 is 1.00 bits per heavy atom. The SMILES string of the molecule is COc1ccccc1N1CCC(C2CCNCC2)CC1. The van der Waals surface area contributed by atoms with Gasteiger partial charge in [0, 0.05) is 13.1 Å². The fourth-order valence-electron chi connectivity index (χ4n) is 3.82. The van der Waals surface area contributed by atoms with Gasteiger partial charge in [-0.25, -0.2) is 0 Å². The lowest BCUT2D eigenvalue weighted by atomic mass is 9.79. The predicted octanol–water partition coefficient (Wildman–Crippen LogP) is 2.91. The fraction of sp³-hybridized carbons (Fsp3) is 0.647. The van der Waals surface area contributed by atoms with Crippen molar-refractivity contribution in [3.05, 3.63) is 24.3 Å². The molecule has 0 radical (unpaired) electrons. The molecule has 0 unspecified atom stereocenters. The minimum Gasteiger partial charge on any atom is -0.495 e. The number of anilines is 1. The van der Waals surface area contributed by atoms with Crippen molar-refractivity contribution in [2.45, 2.75) is 25.7 Å². The molecule has 2 fully saturated rings. The molecule has 1 N–H and O–H groups in total. The van der Waals surface area contributed by atoms with Crippen LogP contribution in [0.5, 0.6) is 5.75 Å². The largest absolute Gasteiger partial charge is 0.495 e. The van der Waals surface area contributed by atoms with Gasteiger partial charge < -0.3 is 15.0 Å². The zero-order valence-electron chi connectivity index (χ0n) is 12.5. The molecule has 3 heteroatoms. The van der Waals surface area contributed by atoms with Crippen molar-refractivity contribution in [1.82, 2.24) is 5.32 Å². The van der Waals surface area contributed by atoms with Crippen molar-refractivity contribution in [2.75, 3.05) is 38.2 Å². The van der Waals surface area contributed by atoms with Crippen LogP contribution in [0.3, 0.4) is 0 Å². The number of methoxy groups -OCH3 is 1. The van der Waals surface area contributed by atoms with Gasteiger partial charge in [0.15, 0.2) is 0 Å². The monoisotopic (exact) mass is 274 g/mol. The van der Waals surface area contributed by atoms with E-state index in [4.69, 9.17) is 4.74 Å². The van der Waals surface area contributed by atoms with Gasteiger partial charge >= 0.3 is 0 Å². The van der Waals surface area contributed by atoms with Gasteiger partial charge in [-0.2, -0.15) is 0 Å². The normalized spacial score (nSPS) is 21.9. The summed E-state index contributed by atoms with van der Waals surface area (Å²) in [5, 5.41) is 3.48. The quantitative estimate of drug-likeness (QED) is 0.917. The van der Waals surface area contributed by atoms with Crippen LogP contribution in [-0.2, 0) is 0 Å². The lowest BCUT2D eigenvalue weighted by molar-refractivity contribution is 0.221. The fourth-order valence-corrected chi connectivity index (χ4v) is 3.82. The Morgan fingerprint density at radius 2 is 1.65 bits per heavy atom. The Kier molecular flexibility index (Phi) is 4.46. The minimum absolute atomic E-state index is 0.933. The number of hydrogen-bond donors (Lipinski definition) is 1. The zero-order valence-corrected chi connectivity index (χ0v) is 12.5. The highest BCUT2D eigenvalue weighted by molar-refractivity contribution is 5.58. The molecule has 0 saturated carbocycles. The number of para-hydroxylation sites is 2. The van der Waals surface area contributed by atoms with Gasteiger partial charge in [0.05, 0.1) is 12.8 Å².